The third-order valence-electron chi connectivity index (χ3n) is 3.70. The lowest BCUT2D eigenvalue weighted by Crippen LogP contribution is -2.46. The Hall–Kier alpha value is -0.860. The van der Waals surface area contributed by atoms with Crippen LogP contribution in [0.1, 0.15) is 44.9 Å². The summed E-state index contributed by atoms with van der Waals surface area (Å²) in [6.45, 7) is 9.73. The molecule has 0 saturated carbocycles. The van der Waals surface area contributed by atoms with Crippen LogP contribution in [0.2, 0.25) is 0 Å². The Kier molecular flexibility index (Phi) is 4.41. The number of rotatable bonds is 3. The van der Waals surface area contributed by atoms with E-state index < -0.39 is 0 Å². The normalized spacial score (nSPS) is 28.6. The standard InChI is InChI=1S/C16H25NO/c1-11(2)9-14-5-7-15(8-6-14)16-10-17-12(3)13(4)18-16/h5-8,11-13,16-17H,9-10H2,1-4H3. The second-order valence-electron chi connectivity index (χ2n) is 5.87. The smallest absolute Gasteiger partial charge is 0.0953 e. The molecule has 100 valence electrons. The van der Waals surface area contributed by atoms with Gasteiger partial charge in [0.2, 0.25) is 0 Å². The van der Waals surface area contributed by atoms with E-state index in [9.17, 15) is 0 Å². The summed E-state index contributed by atoms with van der Waals surface area (Å²) in [7, 11) is 0. The lowest BCUT2D eigenvalue weighted by Gasteiger charge is -2.34. The van der Waals surface area contributed by atoms with Gasteiger partial charge in [0.05, 0.1) is 12.2 Å². The van der Waals surface area contributed by atoms with Crippen LogP contribution >= 0.6 is 0 Å². The third-order valence-corrected chi connectivity index (χ3v) is 3.70. The fraction of sp³-hybridized carbons (Fsp3) is 0.625. The third kappa shape index (κ3) is 3.33. The van der Waals surface area contributed by atoms with Gasteiger partial charge in [0, 0.05) is 12.6 Å². The van der Waals surface area contributed by atoms with E-state index in [0.717, 1.165) is 13.0 Å². The Morgan fingerprint density at radius 1 is 1.22 bits per heavy atom. The van der Waals surface area contributed by atoms with Crippen LogP contribution in [0.3, 0.4) is 0 Å². The van der Waals surface area contributed by atoms with Gasteiger partial charge < -0.3 is 10.1 Å². The monoisotopic (exact) mass is 247 g/mol. The van der Waals surface area contributed by atoms with Crippen molar-refractivity contribution >= 4 is 0 Å². The summed E-state index contributed by atoms with van der Waals surface area (Å²) in [5.41, 5.74) is 2.70. The number of hydrogen-bond donors (Lipinski definition) is 1. The highest BCUT2D eigenvalue weighted by molar-refractivity contribution is 5.25. The summed E-state index contributed by atoms with van der Waals surface area (Å²) in [5, 5.41) is 3.50. The molecule has 0 aliphatic carbocycles. The van der Waals surface area contributed by atoms with E-state index in [4.69, 9.17) is 4.74 Å². The van der Waals surface area contributed by atoms with Crippen LogP contribution in [-0.2, 0) is 11.2 Å². The summed E-state index contributed by atoms with van der Waals surface area (Å²) in [6, 6.07) is 9.35. The zero-order chi connectivity index (χ0) is 13.1. The van der Waals surface area contributed by atoms with Gasteiger partial charge in [-0.25, -0.2) is 0 Å². The molecule has 1 aromatic rings. The molecule has 3 unspecified atom stereocenters. The quantitative estimate of drug-likeness (QED) is 0.884. The van der Waals surface area contributed by atoms with E-state index in [2.05, 4.69) is 57.3 Å². The molecule has 0 bridgehead atoms. The molecule has 2 heteroatoms. The Labute approximate surface area is 111 Å². The van der Waals surface area contributed by atoms with Crippen molar-refractivity contribution < 1.29 is 4.74 Å². The van der Waals surface area contributed by atoms with E-state index in [1.165, 1.54) is 11.1 Å². The van der Waals surface area contributed by atoms with Gasteiger partial charge in [0.25, 0.3) is 0 Å². The molecular weight excluding hydrogens is 222 g/mol. The molecule has 0 aromatic heterocycles. The molecule has 18 heavy (non-hydrogen) atoms. The molecule has 2 nitrogen and oxygen atoms in total. The summed E-state index contributed by atoms with van der Waals surface area (Å²) < 4.78 is 6.04. The van der Waals surface area contributed by atoms with Gasteiger partial charge in [-0.1, -0.05) is 38.1 Å². The predicted octanol–water partition coefficient (Wildman–Crippen LogP) is 3.32. The largest absolute Gasteiger partial charge is 0.368 e. The summed E-state index contributed by atoms with van der Waals surface area (Å²) in [6.07, 6.45) is 1.63. The number of ether oxygens (including phenoxy) is 1. The van der Waals surface area contributed by atoms with E-state index in [1.54, 1.807) is 0 Å². The second-order valence-corrected chi connectivity index (χ2v) is 5.87. The zero-order valence-corrected chi connectivity index (χ0v) is 11.9. The van der Waals surface area contributed by atoms with E-state index in [0.29, 0.717) is 12.0 Å². The van der Waals surface area contributed by atoms with Crippen molar-refractivity contribution in [2.45, 2.75) is 52.4 Å². The first-order valence-corrected chi connectivity index (χ1v) is 7.04. The van der Waals surface area contributed by atoms with E-state index in [-0.39, 0.29) is 12.2 Å². The second kappa shape index (κ2) is 5.85. The predicted molar refractivity (Wildman–Crippen MR) is 75.7 cm³/mol. The summed E-state index contributed by atoms with van der Waals surface area (Å²) in [5.74, 6) is 0.712. The first-order chi connectivity index (χ1) is 8.56. The Morgan fingerprint density at radius 2 is 1.89 bits per heavy atom. The Bertz CT molecular complexity index is 371. The van der Waals surface area contributed by atoms with Crippen LogP contribution in [0.4, 0.5) is 0 Å². The highest BCUT2D eigenvalue weighted by atomic mass is 16.5. The molecule has 1 saturated heterocycles. The zero-order valence-electron chi connectivity index (χ0n) is 11.9. The van der Waals surface area contributed by atoms with Crippen molar-refractivity contribution in [3.8, 4) is 0 Å². The van der Waals surface area contributed by atoms with Gasteiger partial charge in [-0.2, -0.15) is 0 Å². The maximum Gasteiger partial charge on any atom is 0.0953 e. The first kappa shape index (κ1) is 13.6. The van der Waals surface area contributed by atoms with Crippen molar-refractivity contribution in [3.05, 3.63) is 35.4 Å². The minimum absolute atomic E-state index is 0.198. The molecule has 0 amide bonds. The highest BCUT2D eigenvalue weighted by Gasteiger charge is 2.25. The van der Waals surface area contributed by atoms with Crippen LogP contribution in [0.15, 0.2) is 24.3 Å². The van der Waals surface area contributed by atoms with Crippen LogP contribution < -0.4 is 5.32 Å². The van der Waals surface area contributed by atoms with Gasteiger partial charge >= 0.3 is 0 Å². The van der Waals surface area contributed by atoms with Crippen LogP contribution in [0.25, 0.3) is 0 Å². The van der Waals surface area contributed by atoms with Gasteiger partial charge in [-0.3, -0.25) is 0 Å². The molecule has 0 spiro atoms. The lowest BCUT2D eigenvalue weighted by atomic mass is 9.99. The molecule has 1 aliphatic heterocycles. The lowest BCUT2D eigenvalue weighted by molar-refractivity contribution is -0.0508. The average Bonchev–Trinajstić information content (AvgIpc) is 2.33. The van der Waals surface area contributed by atoms with Crippen molar-refractivity contribution in [2.75, 3.05) is 6.54 Å². The Morgan fingerprint density at radius 3 is 2.44 bits per heavy atom. The Balaban J connectivity index is 2.01. The maximum absolute atomic E-state index is 6.04. The topological polar surface area (TPSA) is 21.3 Å². The first-order valence-electron chi connectivity index (χ1n) is 7.04. The maximum atomic E-state index is 6.04. The van der Waals surface area contributed by atoms with Crippen LogP contribution in [-0.4, -0.2) is 18.7 Å². The fourth-order valence-electron chi connectivity index (χ4n) is 2.42. The molecule has 1 heterocycles. The number of hydrogen-bond acceptors (Lipinski definition) is 2. The number of nitrogens with one attached hydrogen (secondary N) is 1. The molecule has 1 aliphatic rings. The fourth-order valence-corrected chi connectivity index (χ4v) is 2.42. The number of morpholine rings is 1. The molecular formula is C16H25NO. The molecule has 3 atom stereocenters. The van der Waals surface area contributed by atoms with Gasteiger partial charge in [-0.15, -0.1) is 0 Å². The SMILES string of the molecule is CC(C)Cc1ccc(C2CNC(C)C(C)O2)cc1. The van der Waals surface area contributed by atoms with Crippen molar-refractivity contribution in [3.63, 3.8) is 0 Å². The average molecular weight is 247 g/mol. The van der Waals surface area contributed by atoms with Crippen molar-refractivity contribution in [2.24, 2.45) is 5.92 Å². The minimum atomic E-state index is 0.198. The van der Waals surface area contributed by atoms with Crippen LogP contribution in [0, 0.1) is 5.92 Å². The number of benzene rings is 1. The van der Waals surface area contributed by atoms with Gasteiger partial charge in [-0.05, 0) is 37.3 Å². The molecule has 0 radical (unpaired) electrons. The van der Waals surface area contributed by atoms with E-state index in [1.807, 2.05) is 0 Å². The molecule has 2 rings (SSSR count). The summed E-state index contributed by atoms with van der Waals surface area (Å²) >= 11 is 0. The molecule has 1 N–H and O–H groups in total. The van der Waals surface area contributed by atoms with Crippen LogP contribution in [0.5, 0.6) is 0 Å². The van der Waals surface area contributed by atoms with Crippen molar-refractivity contribution in [1.29, 1.82) is 0 Å². The van der Waals surface area contributed by atoms with E-state index >= 15 is 0 Å². The molecule has 1 aromatic carbocycles. The molecule has 1 fully saturated rings. The highest BCUT2D eigenvalue weighted by Crippen LogP contribution is 2.24. The van der Waals surface area contributed by atoms with Gasteiger partial charge in [0.15, 0.2) is 0 Å². The summed E-state index contributed by atoms with van der Waals surface area (Å²) in [4.78, 5) is 0. The minimum Gasteiger partial charge on any atom is -0.368 e. The van der Waals surface area contributed by atoms with Crippen molar-refractivity contribution in [1.82, 2.24) is 5.32 Å². The van der Waals surface area contributed by atoms with Gasteiger partial charge in [0.1, 0.15) is 0 Å².